The molecule has 1 saturated heterocycles. The second kappa shape index (κ2) is 5.27. The lowest BCUT2D eigenvalue weighted by atomic mass is 10.2. The van der Waals surface area contributed by atoms with Crippen molar-refractivity contribution in [1.82, 2.24) is 10.3 Å². The molecule has 1 aliphatic heterocycles. The van der Waals surface area contributed by atoms with E-state index in [0.29, 0.717) is 12.5 Å². The fourth-order valence-corrected chi connectivity index (χ4v) is 5.56. The van der Waals surface area contributed by atoms with E-state index >= 15 is 0 Å². The number of anilines is 1. The Hall–Kier alpha value is -0.660. The van der Waals surface area contributed by atoms with E-state index < -0.39 is 9.84 Å². The van der Waals surface area contributed by atoms with Crippen molar-refractivity contribution in [3.8, 4) is 0 Å². The molecule has 1 aliphatic carbocycles. The summed E-state index contributed by atoms with van der Waals surface area (Å²) in [5.74, 6) is 1.12. The van der Waals surface area contributed by atoms with Crippen LogP contribution in [0.5, 0.6) is 0 Å². The van der Waals surface area contributed by atoms with E-state index in [0.717, 1.165) is 11.7 Å². The molecule has 5 nitrogen and oxygen atoms in total. The summed E-state index contributed by atoms with van der Waals surface area (Å²) in [6, 6.07) is 0.0226. The van der Waals surface area contributed by atoms with Crippen LogP contribution in [0.2, 0.25) is 0 Å². The highest BCUT2D eigenvalue weighted by Gasteiger charge is 2.33. The predicted molar refractivity (Wildman–Crippen MR) is 82.3 cm³/mol. The molecular formula is C13H21N3O2S2. The molecule has 1 atom stereocenters. The Morgan fingerprint density at radius 3 is 2.80 bits per heavy atom. The third kappa shape index (κ3) is 2.84. The van der Waals surface area contributed by atoms with Gasteiger partial charge in [-0.05, 0) is 26.8 Å². The summed E-state index contributed by atoms with van der Waals surface area (Å²) >= 11 is 1.72. The molecule has 0 radical (unpaired) electrons. The fraction of sp³-hybridized carbons (Fsp3) is 0.769. The topological polar surface area (TPSA) is 62.3 Å². The van der Waals surface area contributed by atoms with Crippen LogP contribution in [0.15, 0.2) is 0 Å². The lowest BCUT2D eigenvalue weighted by molar-refractivity contribution is 0.568. The molecule has 0 amide bonds. The zero-order chi connectivity index (χ0) is 14.3. The molecule has 2 aliphatic rings. The first-order valence-electron chi connectivity index (χ1n) is 7.11. The van der Waals surface area contributed by atoms with Gasteiger partial charge in [-0.2, -0.15) is 0 Å². The van der Waals surface area contributed by atoms with Gasteiger partial charge in [0.15, 0.2) is 15.0 Å². The molecule has 2 heterocycles. The van der Waals surface area contributed by atoms with Gasteiger partial charge >= 0.3 is 0 Å². The van der Waals surface area contributed by atoms with Gasteiger partial charge in [-0.25, -0.2) is 13.4 Å². The minimum atomic E-state index is -2.87. The third-order valence-electron chi connectivity index (χ3n) is 3.93. The van der Waals surface area contributed by atoms with Crippen LogP contribution in [0.1, 0.15) is 36.3 Å². The Morgan fingerprint density at radius 1 is 1.45 bits per heavy atom. The summed E-state index contributed by atoms with van der Waals surface area (Å²) in [6.07, 6.45) is 2.48. The molecule has 2 fully saturated rings. The van der Waals surface area contributed by atoms with E-state index in [-0.39, 0.29) is 17.5 Å². The molecule has 1 N–H and O–H groups in total. The third-order valence-corrected chi connectivity index (χ3v) is 6.84. The zero-order valence-corrected chi connectivity index (χ0v) is 13.6. The van der Waals surface area contributed by atoms with E-state index in [4.69, 9.17) is 4.98 Å². The first-order chi connectivity index (χ1) is 9.50. The molecule has 7 heteroatoms. The summed E-state index contributed by atoms with van der Waals surface area (Å²) in [5.41, 5.74) is 1.24. The van der Waals surface area contributed by atoms with Crippen molar-refractivity contribution >= 4 is 26.3 Å². The quantitative estimate of drug-likeness (QED) is 0.909. The van der Waals surface area contributed by atoms with Gasteiger partial charge in [0.1, 0.15) is 0 Å². The average molecular weight is 315 g/mol. The second-order valence-electron chi connectivity index (χ2n) is 5.77. The van der Waals surface area contributed by atoms with Crippen molar-refractivity contribution in [2.24, 2.45) is 0 Å². The van der Waals surface area contributed by atoms with E-state index in [1.54, 1.807) is 11.3 Å². The highest BCUT2D eigenvalue weighted by Crippen LogP contribution is 2.44. The molecular weight excluding hydrogens is 294 g/mol. The molecule has 1 aromatic rings. The first-order valence-corrected chi connectivity index (χ1v) is 9.75. The van der Waals surface area contributed by atoms with Gasteiger partial charge in [0, 0.05) is 29.9 Å². The lowest BCUT2D eigenvalue weighted by Gasteiger charge is -2.32. The molecule has 0 aromatic carbocycles. The number of hydrogen-bond donors (Lipinski definition) is 1. The van der Waals surface area contributed by atoms with Crippen molar-refractivity contribution in [1.29, 1.82) is 0 Å². The Bertz CT molecular complexity index is 593. The lowest BCUT2D eigenvalue weighted by Crippen LogP contribution is -2.47. The van der Waals surface area contributed by atoms with Gasteiger partial charge < -0.3 is 10.2 Å². The maximum Gasteiger partial charge on any atom is 0.186 e. The number of aromatic nitrogens is 1. The van der Waals surface area contributed by atoms with Crippen LogP contribution in [0.4, 0.5) is 5.13 Å². The predicted octanol–water partition coefficient (Wildman–Crippen LogP) is 1.36. The van der Waals surface area contributed by atoms with Gasteiger partial charge in [-0.3, -0.25) is 0 Å². The van der Waals surface area contributed by atoms with E-state index in [2.05, 4.69) is 10.2 Å². The van der Waals surface area contributed by atoms with Gasteiger partial charge in [0.25, 0.3) is 0 Å². The van der Waals surface area contributed by atoms with Crippen molar-refractivity contribution in [2.75, 3.05) is 30.0 Å². The van der Waals surface area contributed by atoms with Crippen LogP contribution >= 0.6 is 11.3 Å². The molecule has 0 spiro atoms. The molecule has 1 saturated carbocycles. The Labute approximate surface area is 124 Å². The normalized spacial score (nSPS) is 25.9. The number of nitrogens with zero attached hydrogens (tertiary/aromatic N) is 2. The van der Waals surface area contributed by atoms with Crippen molar-refractivity contribution in [3.05, 3.63) is 10.6 Å². The van der Waals surface area contributed by atoms with Gasteiger partial charge in [0.2, 0.25) is 0 Å². The molecule has 0 bridgehead atoms. The minimum absolute atomic E-state index is 0.0226. The Kier molecular flexibility index (Phi) is 3.77. The number of rotatable bonds is 4. The monoisotopic (exact) mass is 315 g/mol. The standard InChI is InChI=1S/C13H21N3O2S2/c1-9-8-20(17,18)6-5-16(9)13-15-12(10-3-4-10)11(19-13)7-14-2/h9-10,14H,3-8H2,1-2H3. The van der Waals surface area contributed by atoms with E-state index in [9.17, 15) is 8.42 Å². The van der Waals surface area contributed by atoms with Crippen molar-refractivity contribution in [3.63, 3.8) is 0 Å². The van der Waals surface area contributed by atoms with Gasteiger partial charge in [0.05, 0.1) is 17.2 Å². The fourth-order valence-electron chi connectivity index (χ4n) is 2.72. The number of hydrogen-bond acceptors (Lipinski definition) is 6. The van der Waals surface area contributed by atoms with Crippen LogP contribution in [0.3, 0.4) is 0 Å². The zero-order valence-electron chi connectivity index (χ0n) is 11.9. The molecule has 1 aromatic heterocycles. The number of nitrogens with one attached hydrogen (secondary N) is 1. The SMILES string of the molecule is CNCc1sc(N2CCS(=O)(=O)CC2C)nc1C1CC1. The minimum Gasteiger partial charge on any atom is -0.343 e. The smallest absolute Gasteiger partial charge is 0.186 e. The molecule has 20 heavy (non-hydrogen) atoms. The first kappa shape index (κ1) is 14.3. The average Bonchev–Trinajstić information content (AvgIpc) is 3.11. The summed E-state index contributed by atoms with van der Waals surface area (Å²) in [6.45, 7) is 3.40. The van der Waals surface area contributed by atoms with Crippen LogP contribution in [-0.4, -0.2) is 44.5 Å². The highest BCUT2D eigenvalue weighted by molar-refractivity contribution is 7.91. The van der Waals surface area contributed by atoms with Crippen LogP contribution in [0, 0.1) is 0 Å². The number of sulfone groups is 1. The summed E-state index contributed by atoms with van der Waals surface area (Å²) in [7, 11) is -0.917. The second-order valence-corrected chi connectivity index (χ2v) is 9.06. The van der Waals surface area contributed by atoms with Crippen molar-refractivity contribution < 1.29 is 8.42 Å². The summed E-state index contributed by atoms with van der Waals surface area (Å²) in [4.78, 5) is 8.30. The van der Waals surface area contributed by atoms with Gasteiger partial charge in [-0.1, -0.05) is 0 Å². The summed E-state index contributed by atoms with van der Waals surface area (Å²) < 4.78 is 23.4. The maximum atomic E-state index is 11.7. The number of thiazole rings is 1. The molecule has 3 rings (SSSR count). The Balaban J connectivity index is 1.85. The van der Waals surface area contributed by atoms with E-state index in [1.165, 1.54) is 23.4 Å². The van der Waals surface area contributed by atoms with Crippen LogP contribution < -0.4 is 10.2 Å². The highest BCUT2D eigenvalue weighted by atomic mass is 32.2. The Morgan fingerprint density at radius 2 is 2.20 bits per heavy atom. The van der Waals surface area contributed by atoms with Gasteiger partial charge in [-0.15, -0.1) is 11.3 Å². The van der Waals surface area contributed by atoms with Crippen molar-refractivity contribution in [2.45, 2.75) is 38.3 Å². The molecule has 1 unspecified atom stereocenters. The van der Waals surface area contributed by atoms with Crippen LogP contribution in [-0.2, 0) is 16.4 Å². The largest absolute Gasteiger partial charge is 0.343 e. The van der Waals surface area contributed by atoms with Crippen LogP contribution in [0.25, 0.3) is 0 Å². The van der Waals surface area contributed by atoms with E-state index in [1.807, 2.05) is 14.0 Å². The maximum absolute atomic E-state index is 11.7. The summed E-state index contributed by atoms with van der Waals surface area (Å²) in [5, 5.41) is 4.20. The molecule has 112 valence electrons.